The average Bonchev–Trinajstić information content (AvgIpc) is 2.36. The van der Waals surface area contributed by atoms with Crippen molar-refractivity contribution in [3.63, 3.8) is 0 Å². The third-order valence-corrected chi connectivity index (χ3v) is 2.46. The van der Waals surface area contributed by atoms with Gasteiger partial charge in [-0.3, -0.25) is 10.1 Å². The normalized spacial score (nSPS) is 10.7. The van der Waals surface area contributed by atoms with E-state index in [1.165, 1.54) is 21.0 Å². The van der Waals surface area contributed by atoms with Crippen molar-refractivity contribution in [3.05, 3.63) is 24.3 Å². The molecule has 1 aromatic rings. The van der Waals surface area contributed by atoms with E-state index in [1.54, 1.807) is 24.3 Å². The first-order valence-corrected chi connectivity index (χ1v) is 5.66. The Balaban J connectivity index is 2.54. The van der Waals surface area contributed by atoms with E-state index in [0.29, 0.717) is 11.4 Å². The Kier molecular flexibility index (Phi) is 4.74. The molecule has 0 fully saturated rings. The first-order chi connectivity index (χ1) is 8.85. The molecule has 1 aromatic carbocycles. The molecule has 6 heteroatoms. The Hall–Kier alpha value is -2.24. The molecular weight excluding hydrogens is 250 g/mol. The van der Waals surface area contributed by atoms with Crippen molar-refractivity contribution in [3.8, 4) is 5.75 Å². The number of methoxy groups -OCH3 is 1. The molecule has 0 aliphatic rings. The highest BCUT2D eigenvalue weighted by Crippen LogP contribution is 2.18. The average molecular weight is 267 g/mol. The summed E-state index contributed by atoms with van der Waals surface area (Å²) in [6, 6.07) is 6.76. The molecule has 0 aliphatic heterocycles. The van der Waals surface area contributed by atoms with Crippen LogP contribution >= 0.6 is 0 Å². The summed E-state index contributed by atoms with van der Waals surface area (Å²) in [5.41, 5.74) is -0.608. The van der Waals surface area contributed by atoms with Gasteiger partial charge in [0.15, 0.2) is 0 Å². The second-order valence-electron chi connectivity index (χ2n) is 4.62. The predicted octanol–water partition coefficient (Wildman–Crippen LogP) is 2.35. The number of aliphatic carboxylic acids is 1. The Morgan fingerprint density at radius 1 is 1.37 bits per heavy atom. The van der Waals surface area contributed by atoms with Crippen molar-refractivity contribution in [2.24, 2.45) is 5.41 Å². The summed E-state index contributed by atoms with van der Waals surface area (Å²) >= 11 is 0. The maximum atomic E-state index is 11.5. The highest BCUT2D eigenvalue weighted by Gasteiger charge is 2.29. The van der Waals surface area contributed by atoms with Gasteiger partial charge in [0.05, 0.1) is 12.5 Å². The van der Waals surface area contributed by atoms with Gasteiger partial charge in [0.25, 0.3) is 0 Å². The number of hydrogen-bond donors (Lipinski definition) is 2. The molecule has 19 heavy (non-hydrogen) atoms. The second kappa shape index (κ2) is 6.08. The van der Waals surface area contributed by atoms with Gasteiger partial charge in [0, 0.05) is 11.8 Å². The van der Waals surface area contributed by atoms with Crippen LogP contribution in [-0.4, -0.2) is 30.9 Å². The predicted molar refractivity (Wildman–Crippen MR) is 69.4 cm³/mol. The van der Waals surface area contributed by atoms with E-state index in [2.05, 4.69) is 5.32 Å². The lowest BCUT2D eigenvalue weighted by Gasteiger charge is -2.18. The van der Waals surface area contributed by atoms with E-state index in [4.69, 9.17) is 14.6 Å². The van der Waals surface area contributed by atoms with Crippen LogP contribution in [0.4, 0.5) is 10.5 Å². The van der Waals surface area contributed by atoms with Gasteiger partial charge in [-0.1, -0.05) is 6.07 Å². The molecule has 0 spiro atoms. The molecule has 104 valence electrons. The van der Waals surface area contributed by atoms with Gasteiger partial charge in [-0.05, 0) is 26.0 Å². The van der Waals surface area contributed by atoms with E-state index in [1.807, 2.05) is 0 Å². The number of ether oxygens (including phenoxy) is 2. The molecule has 0 saturated carbocycles. The minimum absolute atomic E-state index is 0.210. The minimum atomic E-state index is -1.12. The van der Waals surface area contributed by atoms with Gasteiger partial charge in [-0.2, -0.15) is 0 Å². The second-order valence-corrected chi connectivity index (χ2v) is 4.62. The van der Waals surface area contributed by atoms with Crippen molar-refractivity contribution in [1.29, 1.82) is 0 Å². The summed E-state index contributed by atoms with van der Waals surface area (Å²) in [6.45, 7) is 2.75. The molecule has 6 nitrogen and oxygen atoms in total. The van der Waals surface area contributed by atoms with Crippen molar-refractivity contribution in [2.45, 2.75) is 13.8 Å². The topological polar surface area (TPSA) is 84.9 Å². The van der Waals surface area contributed by atoms with Crippen LogP contribution in [0.25, 0.3) is 0 Å². The number of rotatable bonds is 5. The molecule has 0 bridgehead atoms. The minimum Gasteiger partial charge on any atom is -0.497 e. The summed E-state index contributed by atoms with van der Waals surface area (Å²) in [4.78, 5) is 22.4. The Morgan fingerprint density at radius 2 is 2.05 bits per heavy atom. The monoisotopic (exact) mass is 267 g/mol. The van der Waals surface area contributed by atoms with Crippen LogP contribution in [-0.2, 0) is 9.53 Å². The van der Waals surface area contributed by atoms with Crippen LogP contribution in [0.5, 0.6) is 5.75 Å². The van der Waals surface area contributed by atoms with Crippen molar-refractivity contribution < 1.29 is 24.2 Å². The van der Waals surface area contributed by atoms with Crippen molar-refractivity contribution in [2.75, 3.05) is 19.0 Å². The molecule has 0 radical (unpaired) electrons. The highest BCUT2D eigenvalue weighted by atomic mass is 16.5. The van der Waals surface area contributed by atoms with E-state index in [9.17, 15) is 9.59 Å². The largest absolute Gasteiger partial charge is 0.497 e. The number of benzene rings is 1. The molecule has 0 aliphatic carbocycles. The molecule has 1 rings (SSSR count). The Labute approximate surface area is 111 Å². The molecule has 0 saturated heterocycles. The fourth-order valence-electron chi connectivity index (χ4n) is 1.16. The van der Waals surface area contributed by atoms with Crippen molar-refractivity contribution >= 4 is 17.7 Å². The molecule has 0 atom stereocenters. The van der Waals surface area contributed by atoms with Gasteiger partial charge >= 0.3 is 12.1 Å². The van der Waals surface area contributed by atoms with Crippen LogP contribution in [0, 0.1) is 5.41 Å². The van der Waals surface area contributed by atoms with E-state index >= 15 is 0 Å². The lowest BCUT2D eigenvalue weighted by atomic mass is 9.95. The zero-order chi connectivity index (χ0) is 14.5. The highest BCUT2D eigenvalue weighted by molar-refractivity contribution is 5.85. The van der Waals surface area contributed by atoms with Gasteiger partial charge < -0.3 is 14.6 Å². The number of carboxylic acid groups (broad SMARTS) is 1. The molecule has 0 heterocycles. The summed E-state index contributed by atoms with van der Waals surface area (Å²) in [7, 11) is 1.52. The number of amides is 1. The zero-order valence-corrected chi connectivity index (χ0v) is 11.1. The van der Waals surface area contributed by atoms with Crippen LogP contribution in [0.2, 0.25) is 0 Å². The molecule has 0 unspecified atom stereocenters. The summed E-state index contributed by atoms with van der Waals surface area (Å²) in [6.07, 6.45) is -0.706. The number of carbonyl (C=O) groups is 2. The summed E-state index contributed by atoms with van der Waals surface area (Å²) < 4.78 is 9.89. The number of anilines is 1. The SMILES string of the molecule is COc1cccc(NC(=O)OCC(C)(C)C(=O)O)c1. The Morgan fingerprint density at radius 3 is 2.63 bits per heavy atom. The molecular formula is C13H17NO5. The van der Waals surface area contributed by atoms with Crippen LogP contribution in [0.3, 0.4) is 0 Å². The van der Waals surface area contributed by atoms with Crippen LogP contribution < -0.4 is 10.1 Å². The number of hydrogen-bond acceptors (Lipinski definition) is 4. The van der Waals surface area contributed by atoms with E-state index in [-0.39, 0.29) is 6.61 Å². The summed E-state index contributed by atoms with van der Waals surface area (Å²) in [5, 5.41) is 11.4. The standard InChI is InChI=1S/C13H17NO5/c1-13(2,11(15)16)8-19-12(17)14-9-5-4-6-10(7-9)18-3/h4-7H,8H2,1-3H3,(H,14,17)(H,15,16). The Bertz CT molecular complexity index is 470. The van der Waals surface area contributed by atoms with Gasteiger partial charge in [0.1, 0.15) is 12.4 Å². The lowest BCUT2D eigenvalue weighted by molar-refractivity contribution is -0.148. The lowest BCUT2D eigenvalue weighted by Crippen LogP contribution is -2.31. The number of nitrogens with one attached hydrogen (secondary N) is 1. The zero-order valence-electron chi connectivity index (χ0n) is 11.1. The number of carbonyl (C=O) groups excluding carboxylic acids is 1. The van der Waals surface area contributed by atoms with Crippen molar-refractivity contribution in [1.82, 2.24) is 0 Å². The van der Waals surface area contributed by atoms with Crippen LogP contribution in [0.15, 0.2) is 24.3 Å². The smallest absolute Gasteiger partial charge is 0.411 e. The summed E-state index contributed by atoms with van der Waals surface area (Å²) in [5.74, 6) is -0.426. The van der Waals surface area contributed by atoms with Gasteiger partial charge in [-0.25, -0.2) is 4.79 Å². The fraction of sp³-hybridized carbons (Fsp3) is 0.385. The van der Waals surface area contributed by atoms with E-state index < -0.39 is 17.5 Å². The van der Waals surface area contributed by atoms with Gasteiger partial charge in [0.2, 0.25) is 0 Å². The van der Waals surface area contributed by atoms with Gasteiger partial charge in [-0.15, -0.1) is 0 Å². The number of carboxylic acids is 1. The fourth-order valence-corrected chi connectivity index (χ4v) is 1.16. The van der Waals surface area contributed by atoms with E-state index in [0.717, 1.165) is 0 Å². The quantitative estimate of drug-likeness (QED) is 0.855. The molecule has 0 aromatic heterocycles. The maximum Gasteiger partial charge on any atom is 0.411 e. The molecule has 1 amide bonds. The van der Waals surface area contributed by atoms with Crippen LogP contribution in [0.1, 0.15) is 13.8 Å². The molecule has 2 N–H and O–H groups in total. The third-order valence-electron chi connectivity index (χ3n) is 2.46. The first-order valence-electron chi connectivity index (χ1n) is 5.66. The third kappa shape index (κ3) is 4.50. The first kappa shape index (κ1) is 14.8. The maximum absolute atomic E-state index is 11.5.